The second-order valence-corrected chi connectivity index (χ2v) is 17.8. The Labute approximate surface area is 344 Å². The zero-order valence-electron chi connectivity index (χ0n) is 36.8. The van der Waals surface area contributed by atoms with E-state index in [4.69, 9.17) is 18.5 Å². The highest BCUT2D eigenvalue weighted by Gasteiger charge is 2.21. The van der Waals surface area contributed by atoms with E-state index in [1.54, 1.807) is 0 Å². The van der Waals surface area contributed by atoms with Gasteiger partial charge in [-0.25, -0.2) is 0 Å². The molecule has 0 aliphatic carbocycles. The number of nitrogens with zero attached hydrogens (tertiary/aromatic N) is 1. The maximum atomic E-state index is 12.6. The van der Waals surface area contributed by atoms with E-state index in [2.05, 4.69) is 44.2 Å². The number of unbranched alkanes of at least 4 members (excludes halogenated alkanes) is 21. The highest BCUT2D eigenvalue weighted by atomic mass is 31.2. The van der Waals surface area contributed by atoms with Crippen LogP contribution in [0.25, 0.3) is 0 Å². The normalized spacial score (nSPS) is 13.9. The van der Waals surface area contributed by atoms with Crippen LogP contribution in [0.1, 0.15) is 194 Å². The predicted molar refractivity (Wildman–Crippen MR) is 231 cm³/mol. The number of likely N-dealkylation sites (N-methyl/N-ethyl adjacent to an activating group) is 1. The molecule has 0 N–H and O–H groups in total. The fraction of sp³-hybridized carbons (Fsp3) is 0.826. The molecule has 0 heterocycles. The summed E-state index contributed by atoms with van der Waals surface area (Å²) in [5, 5.41) is 0. The SMILES string of the molecule is CCCCC/C=C/C/C=C/CCCCCCCCCC(=O)OC[C@H](COP(=O)([O-])OCC[N+](C)(C)C)OC(=O)CC/C=C/CCCCCCCCCCCCC. The standard InChI is InChI=1S/C46H86NO8P/c1-6-8-10-12-14-16-18-20-22-23-25-26-28-30-32-34-36-38-45(48)52-42-44(43-54-56(50,51)53-41-40-47(3,4)5)55-46(49)39-37-35-33-31-29-27-24-21-19-17-15-13-11-9-7-2/h14,16,20,22,33,35,44H,6-13,15,17-19,21,23-32,34,36-43H2,1-5H3/b16-14+,22-20+,35-33+/t44-/m1/s1. The third-order valence-electron chi connectivity index (χ3n) is 9.65. The molecule has 0 aliphatic heterocycles. The minimum Gasteiger partial charge on any atom is -0.756 e. The van der Waals surface area contributed by atoms with Gasteiger partial charge in [-0.3, -0.25) is 14.2 Å². The van der Waals surface area contributed by atoms with Crippen LogP contribution in [0.2, 0.25) is 0 Å². The molecule has 0 aromatic carbocycles. The molecular weight excluding hydrogens is 725 g/mol. The van der Waals surface area contributed by atoms with Crippen LogP contribution in [0, 0.1) is 0 Å². The number of phosphoric acid groups is 1. The summed E-state index contributed by atoms with van der Waals surface area (Å²) in [5.74, 6) is -0.898. The summed E-state index contributed by atoms with van der Waals surface area (Å²) in [6.45, 7) is 4.16. The summed E-state index contributed by atoms with van der Waals surface area (Å²) in [5.41, 5.74) is 0. The Morgan fingerprint density at radius 1 is 0.554 bits per heavy atom. The minimum atomic E-state index is -4.63. The Hall–Kier alpha value is -1.77. The molecule has 0 bridgehead atoms. The molecule has 10 heteroatoms. The molecule has 9 nitrogen and oxygen atoms in total. The quantitative estimate of drug-likeness (QED) is 0.0197. The predicted octanol–water partition coefficient (Wildman–Crippen LogP) is 12.3. The van der Waals surface area contributed by atoms with Gasteiger partial charge in [0.2, 0.25) is 0 Å². The number of hydrogen-bond donors (Lipinski definition) is 0. The van der Waals surface area contributed by atoms with Gasteiger partial charge in [0.25, 0.3) is 7.82 Å². The molecule has 0 aliphatic rings. The van der Waals surface area contributed by atoms with Crippen molar-refractivity contribution in [3.8, 4) is 0 Å². The summed E-state index contributed by atoms with van der Waals surface area (Å²) >= 11 is 0. The molecule has 0 fully saturated rings. The molecule has 328 valence electrons. The maximum absolute atomic E-state index is 12.6. The van der Waals surface area contributed by atoms with Crippen molar-refractivity contribution in [1.82, 2.24) is 0 Å². The molecule has 0 aromatic heterocycles. The number of allylic oxidation sites excluding steroid dienone is 6. The van der Waals surface area contributed by atoms with Gasteiger partial charge in [0.15, 0.2) is 6.10 Å². The van der Waals surface area contributed by atoms with Crippen LogP contribution in [0.3, 0.4) is 0 Å². The highest BCUT2D eigenvalue weighted by Crippen LogP contribution is 2.38. The van der Waals surface area contributed by atoms with Crippen molar-refractivity contribution in [2.75, 3.05) is 47.5 Å². The Morgan fingerprint density at radius 2 is 1.00 bits per heavy atom. The first-order valence-electron chi connectivity index (χ1n) is 22.7. The van der Waals surface area contributed by atoms with Gasteiger partial charge in [0, 0.05) is 12.8 Å². The van der Waals surface area contributed by atoms with Gasteiger partial charge in [-0.05, 0) is 57.8 Å². The van der Waals surface area contributed by atoms with Crippen LogP contribution in [0.15, 0.2) is 36.5 Å². The van der Waals surface area contributed by atoms with Crippen molar-refractivity contribution in [1.29, 1.82) is 0 Å². The van der Waals surface area contributed by atoms with E-state index < -0.39 is 32.5 Å². The summed E-state index contributed by atoms with van der Waals surface area (Å²) in [6, 6.07) is 0. The molecule has 0 rings (SSSR count). The molecular formula is C46H86NO8P. The second-order valence-electron chi connectivity index (χ2n) is 16.4. The number of ether oxygens (including phenoxy) is 2. The zero-order valence-corrected chi connectivity index (χ0v) is 37.7. The first-order valence-corrected chi connectivity index (χ1v) is 24.2. The number of hydrogen-bond acceptors (Lipinski definition) is 8. The average Bonchev–Trinajstić information content (AvgIpc) is 3.15. The van der Waals surface area contributed by atoms with Crippen molar-refractivity contribution in [2.45, 2.75) is 200 Å². The van der Waals surface area contributed by atoms with Crippen molar-refractivity contribution in [3.63, 3.8) is 0 Å². The van der Waals surface area contributed by atoms with Gasteiger partial charge in [0.1, 0.15) is 19.8 Å². The molecule has 0 spiro atoms. The lowest BCUT2D eigenvalue weighted by atomic mass is 10.1. The summed E-state index contributed by atoms with van der Waals surface area (Å²) in [6.07, 6.45) is 43.2. The van der Waals surface area contributed by atoms with E-state index in [-0.39, 0.29) is 26.1 Å². The largest absolute Gasteiger partial charge is 0.756 e. The number of rotatable bonds is 41. The Balaban J connectivity index is 4.38. The van der Waals surface area contributed by atoms with Crippen molar-refractivity contribution < 1.29 is 42.1 Å². The van der Waals surface area contributed by atoms with Crippen molar-refractivity contribution in [2.24, 2.45) is 0 Å². The van der Waals surface area contributed by atoms with Crippen LogP contribution in [-0.2, 0) is 32.7 Å². The monoisotopic (exact) mass is 812 g/mol. The van der Waals surface area contributed by atoms with Gasteiger partial charge >= 0.3 is 11.9 Å². The van der Waals surface area contributed by atoms with E-state index in [1.807, 2.05) is 27.2 Å². The lowest BCUT2D eigenvalue weighted by Crippen LogP contribution is -2.37. The van der Waals surface area contributed by atoms with Crippen LogP contribution >= 0.6 is 7.82 Å². The molecule has 0 aromatic rings. The average molecular weight is 812 g/mol. The summed E-state index contributed by atoms with van der Waals surface area (Å²) < 4.78 is 33.9. The number of phosphoric ester groups is 1. The lowest BCUT2D eigenvalue weighted by molar-refractivity contribution is -0.870. The molecule has 56 heavy (non-hydrogen) atoms. The van der Waals surface area contributed by atoms with Crippen LogP contribution in [0.5, 0.6) is 0 Å². The van der Waals surface area contributed by atoms with Crippen LogP contribution in [-0.4, -0.2) is 70.0 Å². The highest BCUT2D eigenvalue weighted by molar-refractivity contribution is 7.45. The molecule has 0 amide bonds. The van der Waals surface area contributed by atoms with Gasteiger partial charge < -0.3 is 27.9 Å². The summed E-state index contributed by atoms with van der Waals surface area (Å²) in [7, 11) is 1.14. The zero-order chi connectivity index (χ0) is 41.4. The van der Waals surface area contributed by atoms with Gasteiger partial charge in [-0.15, -0.1) is 0 Å². The van der Waals surface area contributed by atoms with E-state index in [9.17, 15) is 19.0 Å². The topological polar surface area (TPSA) is 111 Å². The number of quaternary nitrogens is 1. The molecule has 0 saturated heterocycles. The van der Waals surface area contributed by atoms with Gasteiger partial charge in [-0.2, -0.15) is 0 Å². The van der Waals surface area contributed by atoms with E-state index in [0.29, 0.717) is 17.4 Å². The summed E-state index contributed by atoms with van der Waals surface area (Å²) in [4.78, 5) is 37.5. The lowest BCUT2D eigenvalue weighted by Gasteiger charge is -2.28. The van der Waals surface area contributed by atoms with E-state index in [1.165, 1.54) is 109 Å². The maximum Gasteiger partial charge on any atom is 0.306 e. The Morgan fingerprint density at radius 3 is 1.54 bits per heavy atom. The van der Waals surface area contributed by atoms with E-state index in [0.717, 1.165) is 51.4 Å². The Kier molecular flexibility index (Phi) is 37.5. The molecule has 2 atom stereocenters. The van der Waals surface area contributed by atoms with Gasteiger partial charge in [0.05, 0.1) is 27.7 Å². The van der Waals surface area contributed by atoms with Crippen LogP contribution in [0.4, 0.5) is 0 Å². The first-order chi connectivity index (χ1) is 27.0. The Bertz CT molecular complexity index is 1050. The smallest absolute Gasteiger partial charge is 0.306 e. The van der Waals surface area contributed by atoms with Crippen molar-refractivity contribution >= 4 is 19.8 Å². The fourth-order valence-electron chi connectivity index (χ4n) is 6.05. The molecule has 0 saturated carbocycles. The number of carbonyl (C=O) groups excluding carboxylic acids is 2. The third-order valence-corrected chi connectivity index (χ3v) is 10.6. The molecule has 1 unspecified atom stereocenters. The van der Waals surface area contributed by atoms with Gasteiger partial charge in [-0.1, -0.05) is 159 Å². The minimum absolute atomic E-state index is 0.0377. The third kappa shape index (κ3) is 41.9. The first kappa shape index (κ1) is 54.2. The second kappa shape index (κ2) is 38.7. The van der Waals surface area contributed by atoms with E-state index >= 15 is 0 Å². The van der Waals surface area contributed by atoms with Crippen molar-refractivity contribution in [3.05, 3.63) is 36.5 Å². The van der Waals surface area contributed by atoms with Crippen LogP contribution < -0.4 is 4.89 Å². The number of carbonyl (C=O) groups is 2. The molecule has 0 radical (unpaired) electrons. The number of esters is 2. The fourth-order valence-corrected chi connectivity index (χ4v) is 6.78.